The van der Waals surface area contributed by atoms with E-state index in [1.54, 1.807) is 6.92 Å². The van der Waals surface area contributed by atoms with Gasteiger partial charge in [-0.25, -0.2) is 9.59 Å². The summed E-state index contributed by atoms with van der Waals surface area (Å²) in [5.74, 6) is -1.26. The minimum atomic E-state index is -0.641. The molecule has 0 saturated carbocycles. The highest BCUT2D eigenvalue weighted by atomic mass is 16.5. The van der Waals surface area contributed by atoms with E-state index in [1.165, 1.54) is 7.11 Å². The number of carbonyl (C=O) groups is 2. The van der Waals surface area contributed by atoms with Crippen molar-refractivity contribution in [3.63, 3.8) is 0 Å². The highest BCUT2D eigenvalue weighted by Gasteiger charge is 2.26. The first-order valence-electron chi connectivity index (χ1n) is 4.93. The lowest BCUT2D eigenvalue weighted by Gasteiger charge is -2.08. The summed E-state index contributed by atoms with van der Waals surface area (Å²) in [5, 5.41) is 2.99. The molecule has 84 valence electrons. The van der Waals surface area contributed by atoms with Crippen LogP contribution in [-0.2, 0) is 19.1 Å². The number of hydrogen-bond donors (Lipinski definition) is 1. The molecular formula is C10H15NO4. The lowest BCUT2D eigenvalue weighted by molar-refractivity contribution is -0.145. The van der Waals surface area contributed by atoms with Gasteiger partial charge in [-0.15, -0.1) is 0 Å². The van der Waals surface area contributed by atoms with Crippen molar-refractivity contribution in [3.8, 4) is 0 Å². The first-order chi connectivity index (χ1) is 7.20. The largest absolute Gasteiger partial charge is 0.465 e. The van der Waals surface area contributed by atoms with Crippen molar-refractivity contribution < 1.29 is 19.1 Å². The van der Waals surface area contributed by atoms with Gasteiger partial charge in [0.1, 0.15) is 0 Å². The second-order valence-corrected chi connectivity index (χ2v) is 3.10. The fourth-order valence-electron chi connectivity index (χ4n) is 1.44. The van der Waals surface area contributed by atoms with Gasteiger partial charge < -0.3 is 14.8 Å². The van der Waals surface area contributed by atoms with Crippen LogP contribution in [0.25, 0.3) is 0 Å². The molecule has 0 radical (unpaired) electrons. The zero-order valence-corrected chi connectivity index (χ0v) is 8.96. The van der Waals surface area contributed by atoms with Crippen LogP contribution in [0, 0.1) is 0 Å². The summed E-state index contributed by atoms with van der Waals surface area (Å²) in [7, 11) is 1.25. The van der Waals surface area contributed by atoms with E-state index in [9.17, 15) is 9.59 Å². The van der Waals surface area contributed by atoms with Crippen LogP contribution >= 0.6 is 0 Å². The molecule has 1 fully saturated rings. The molecule has 1 aliphatic heterocycles. The average Bonchev–Trinajstić information content (AvgIpc) is 2.71. The Kier molecular flexibility index (Phi) is 4.15. The van der Waals surface area contributed by atoms with E-state index >= 15 is 0 Å². The Labute approximate surface area is 88.4 Å². The van der Waals surface area contributed by atoms with Crippen molar-refractivity contribution >= 4 is 11.9 Å². The van der Waals surface area contributed by atoms with Crippen LogP contribution in [0.1, 0.15) is 19.8 Å². The first-order valence-corrected chi connectivity index (χ1v) is 4.93. The van der Waals surface area contributed by atoms with Gasteiger partial charge in [-0.3, -0.25) is 0 Å². The molecule has 15 heavy (non-hydrogen) atoms. The third kappa shape index (κ3) is 2.71. The first kappa shape index (κ1) is 11.6. The van der Waals surface area contributed by atoms with Crippen molar-refractivity contribution in [3.05, 3.63) is 11.3 Å². The van der Waals surface area contributed by atoms with E-state index in [4.69, 9.17) is 4.74 Å². The number of nitrogens with one attached hydrogen (secondary N) is 1. The molecule has 0 aromatic rings. The highest BCUT2D eigenvalue weighted by Crippen LogP contribution is 2.16. The Morgan fingerprint density at radius 1 is 1.40 bits per heavy atom. The lowest BCUT2D eigenvalue weighted by atomic mass is 10.1. The third-order valence-electron chi connectivity index (χ3n) is 2.11. The van der Waals surface area contributed by atoms with Crippen molar-refractivity contribution in [1.82, 2.24) is 5.32 Å². The Hall–Kier alpha value is -1.52. The summed E-state index contributed by atoms with van der Waals surface area (Å²) >= 11 is 0. The second kappa shape index (κ2) is 5.38. The summed E-state index contributed by atoms with van der Waals surface area (Å²) in [4.78, 5) is 22.9. The monoisotopic (exact) mass is 213 g/mol. The van der Waals surface area contributed by atoms with Crippen LogP contribution in [-0.4, -0.2) is 32.2 Å². The smallest absolute Gasteiger partial charge is 0.347 e. The molecular weight excluding hydrogens is 198 g/mol. The van der Waals surface area contributed by atoms with Gasteiger partial charge in [-0.2, -0.15) is 0 Å². The quantitative estimate of drug-likeness (QED) is 0.317. The Bertz CT molecular complexity index is 288. The average molecular weight is 213 g/mol. The van der Waals surface area contributed by atoms with Gasteiger partial charge in [-0.05, 0) is 19.8 Å². The molecule has 0 bridgehead atoms. The van der Waals surface area contributed by atoms with Crippen molar-refractivity contribution in [2.75, 3.05) is 20.3 Å². The predicted octanol–water partition coefficient (Wildman–Crippen LogP) is 0.360. The molecule has 1 rings (SSSR count). The van der Waals surface area contributed by atoms with Gasteiger partial charge in [0.2, 0.25) is 0 Å². The lowest BCUT2D eigenvalue weighted by Crippen LogP contribution is -2.22. The number of methoxy groups -OCH3 is 1. The summed E-state index contributed by atoms with van der Waals surface area (Å²) in [6, 6.07) is 0. The summed E-state index contributed by atoms with van der Waals surface area (Å²) in [6.07, 6.45) is 1.60. The third-order valence-corrected chi connectivity index (χ3v) is 2.11. The van der Waals surface area contributed by atoms with E-state index in [0.717, 1.165) is 13.0 Å². The van der Waals surface area contributed by atoms with Gasteiger partial charge in [0, 0.05) is 12.2 Å². The topological polar surface area (TPSA) is 64.6 Å². The van der Waals surface area contributed by atoms with Crippen LogP contribution < -0.4 is 5.32 Å². The minimum absolute atomic E-state index is 0.00292. The maximum absolute atomic E-state index is 11.5. The van der Waals surface area contributed by atoms with Gasteiger partial charge in [0.05, 0.1) is 13.7 Å². The Balaban J connectivity index is 2.91. The minimum Gasteiger partial charge on any atom is -0.465 e. The normalized spacial score (nSPS) is 18.0. The van der Waals surface area contributed by atoms with Crippen LogP contribution in [0.3, 0.4) is 0 Å². The maximum Gasteiger partial charge on any atom is 0.347 e. The second-order valence-electron chi connectivity index (χ2n) is 3.10. The molecule has 1 N–H and O–H groups in total. The summed E-state index contributed by atoms with van der Waals surface area (Å²) in [5.41, 5.74) is 0.622. The molecule has 0 aliphatic carbocycles. The van der Waals surface area contributed by atoms with Gasteiger partial charge >= 0.3 is 11.9 Å². The zero-order chi connectivity index (χ0) is 11.3. The zero-order valence-electron chi connectivity index (χ0n) is 8.96. The molecule has 0 aromatic heterocycles. The van der Waals surface area contributed by atoms with E-state index in [2.05, 4.69) is 10.1 Å². The Morgan fingerprint density at radius 2 is 2.13 bits per heavy atom. The van der Waals surface area contributed by atoms with Crippen molar-refractivity contribution in [2.45, 2.75) is 19.8 Å². The van der Waals surface area contributed by atoms with E-state index in [-0.39, 0.29) is 12.2 Å². The molecule has 0 aromatic carbocycles. The molecule has 0 spiro atoms. The molecule has 1 aliphatic rings. The van der Waals surface area contributed by atoms with Crippen molar-refractivity contribution in [2.24, 2.45) is 0 Å². The molecule has 0 unspecified atom stereocenters. The summed E-state index contributed by atoms with van der Waals surface area (Å²) < 4.78 is 9.36. The van der Waals surface area contributed by atoms with Gasteiger partial charge in [0.15, 0.2) is 5.57 Å². The molecule has 1 saturated heterocycles. The van der Waals surface area contributed by atoms with Crippen LogP contribution in [0.2, 0.25) is 0 Å². The predicted molar refractivity (Wildman–Crippen MR) is 52.9 cm³/mol. The van der Waals surface area contributed by atoms with Crippen molar-refractivity contribution in [1.29, 1.82) is 0 Å². The number of allylic oxidation sites excluding steroid dienone is 1. The van der Waals surface area contributed by atoms with Gasteiger partial charge in [-0.1, -0.05) is 0 Å². The standard InChI is InChI=1S/C10H15NO4/c1-3-15-10(13)8(9(12)14-2)7-5-4-6-11-7/h11H,3-6H2,1-2H3/b8-7+. The molecule has 0 amide bonds. The molecule has 5 heteroatoms. The number of rotatable bonds is 3. The fourth-order valence-corrected chi connectivity index (χ4v) is 1.44. The number of ether oxygens (including phenoxy) is 2. The summed E-state index contributed by atoms with van der Waals surface area (Å²) in [6.45, 7) is 2.71. The fraction of sp³-hybridized carbons (Fsp3) is 0.600. The van der Waals surface area contributed by atoms with E-state index in [0.29, 0.717) is 12.1 Å². The Morgan fingerprint density at radius 3 is 2.60 bits per heavy atom. The number of hydrogen-bond acceptors (Lipinski definition) is 5. The van der Waals surface area contributed by atoms with Crippen LogP contribution in [0.4, 0.5) is 0 Å². The number of carbonyl (C=O) groups excluding carboxylic acids is 2. The van der Waals surface area contributed by atoms with Crippen LogP contribution in [0.15, 0.2) is 11.3 Å². The van der Waals surface area contributed by atoms with Gasteiger partial charge in [0.25, 0.3) is 0 Å². The highest BCUT2D eigenvalue weighted by molar-refractivity contribution is 6.14. The number of esters is 2. The van der Waals surface area contributed by atoms with E-state index < -0.39 is 11.9 Å². The van der Waals surface area contributed by atoms with E-state index in [1.807, 2.05) is 0 Å². The molecule has 1 heterocycles. The van der Waals surface area contributed by atoms with Crippen LogP contribution in [0.5, 0.6) is 0 Å². The molecule has 0 atom stereocenters. The SMILES string of the molecule is CCOC(=O)/C(C(=O)OC)=C1\CCCN1. The molecule has 5 nitrogen and oxygen atoms in total. The maximum atomic E-state index is 11.5.